The minimum absolute atomic E-state index is 0.506. The fraction of sp³-hybridized carbons (Fsp3) is 1.00. The van der Waals surface area contributed by atoms with Gasteiger partial charge in [-0.1, -0.05) is 122 Å². The predicted octanol–water partition coefficient (Wildman–Crippen LogP) is 11.6. The van der Waals surface area contributed by atoms with E-state index in [9.17, 15) is 4.20 Å². The zero-order valence-electron chi connectivity index (χ0n) is 34.3. The number of nitrogens with zero attached hydrogens (tertiary/aromatic N) is 2. The molecule has 0 N–H and O–H groups in total. The number of quaternary nitrogens is 2. The van der Waals surface area contributed by atoms with Crippen LogP contribution in [0, 0.1) is 10.8 Å². The van der Waals surface area contributed by atoms with Crippen LogP contribution < -0.4 is 9.79 Å². The maximum atomic E-state index is 10.1. The zero-order valence-corrected chi connectivity index (χ0v) is 35.2. The number of halogens is 1. The van der Waals surface area contributed by atoms with Gasteiger partial charge in [0.1, 0.15) is 7.91 Å². The van der Waals surface area contributed by atoms with Crippen LogP contribution in [0.5, 0.6) is 0 Å². The Morgan fingerprint density at radius 2 is 0.596 bits per heavy atom. The first kappa shape index (κ1) is 51.4. The molecule has 0 radical (unpaired) electrons. The van der Waals surface area contributed by atoms with Crippen molar-refractivity contribution in [3.8, 4) is 0 Å². The van der Waals surface area contributed by atoms with Crippen molar-refractivity contribution < 1.29 is 27.5 Å². The van der Waals surface area contributed by atoms with Gasteiger partial charge in [0, 0.05) is 0 Å². The molecule has 0 aliphatic rings. The van der Waals surface area contributed by atoms with Gasteiger partial charge in [-0.05, 0) is 87.9 Å². The van der Waals surface area contributed by atoms with E-state index in [4.69, 9.17) is 14.4 Å². The van der Waals surface area contributed by atoms with Gasteiger partial charge in [-0.3, -0.25) is 0 Å². The summed E-state index contributed by atoms with van der Waals surface area (Å²) in [5.74, 6) is 0. The molecule has 0 saturated carbocycles. The van der Waals surface area contributed by atoms with Gasteiger partial charge >= 0.3 is 0 Å². The van der Waals surface area contributed by atoms with Crippen molar-refractivity contribution in [2.24, 2.45) is 10.8 Å². The molecule has 0 unspecified atom stereocenters. The summed E-state index contributed by atoms with van der Waals surface area (Å²) < 4.78 is 21.4. The van der Waals surface area contributed by atoms with Gasteiger partial charge in [-0.15, -0.1) is 0 Å². The summed E-state index contributed by atoms with van der Waals surface area (Å²) in [6.45, 7) is 39.7. The lowest BCUT2D eigenvalue weighted by Crippen LogP contribution is -2.50. The third-order valence-electron chi connectivity index (χ3n) is 9.53. The minimum atomic E-state index is -5.64. The molecule has 0 heterocycles. The Kier molecular flexibility index (Phi) is 32.5. The first-order valence-electron chi connectivity index (χ1n) is 20.2. The zero-order chi connectivity index (χ0) is 36.9. The molecule has 0 aliphatic carbocycles. The lowest BCUT2D eigenvalue weighted by molar-refractivity contribution is -0.929. The fourth-order valence-electron chi connectivity index (χ4n) is 6.51. The first-order valence-corrected chi connectivity index (χ1v) is 21.6. The van der Waals surface area contributed by atoms with E-state index in [0.717, 1.165) is 0 Å². The maximum Gasteiger partial charge on any atom is 0.110 e. The summed E-state index contributed by atoms with van der Waals surface area (Å²) in [6, 6.07) is 0. The number of hydrogen-bond donors (Lipinski definition) is 0. The summed E-state index contributed by atoms with van der Waals surface area (Å²) in [5, 5.41) is 0. The standard InChI is InChI=1S/2C20H44N.FH2O3P/c2*1-7-10-16-21(17-11-8-2,18-12-9-3)19-14-13-15-20(4,5)6;1-5(2,3)4/h2*7-19H2,1-6H3;(H2,2,3,4)/q2*+1;/p-2. The highest BCUT2D eigenvalue weighted by Gasteiger charge is 2.26. The van der Waals surface area contributed by atoms with E-state index in [-0.39, 0.29) is 0 Å². The molecule has 0 aliphatic heterocycles. The highest BCUT2D eigenvalue weighted by molar-refractivity contribution is 7.42. The highest BCUT2D eigenvalue weighted by atomic mass is 31.2. The van der Waals surface area contributed by atoms with E-state index in [1.807, 2.05) is 0 Å². The molecule has 5 nitrogen and oxygen atoms in total. The van der Waals surface area contributed by atoms with Crippen LogP contribution in [-0.2, 0) is 4.57 Å². The Bertz CT molecular complexity index is 613. The largest absolute Gasteiger partial charge is 0.786 e. The van der Waals surface area contributed by atoms with Crippen LogP contribution in [0.2, 0.25) is 0 Å². The molecule has 47 heavy (non-hydrogen) atoms. The summed E-state index contributed by atoms with van der Waals surface area (Å²) in [5.41, 5.74) is 1.01. The van der Waals surface area contributed by atoms with E-state index >= 15 is 0 Å². The Morgan fingerprint density at radius 3 is 0.745 bits per heavy atom. The van der Waals surface area contributed by atoms with Gasteiger partial charge in [-0.2, -0.15) is 0 Å². The van der Waals surface area contributed by atoms with Crippen LogP contribution in [0.15, 0.2) is 0 Å². The monoisotopic (exact) mass is 695 g/mol. The third-order valence-corrected chi connectivity index (χ3v) is 9.53. The number of unbranched alkanes of at least 4 members (excludes halogenated alkanes) is 8. The van der Waals surface area contributed by atoms with Gasteiger partial charge in [0.05, 0.1) is 52.4 Å². The van der Waals surface area contributed by atoms with E-state index < -0.39 is 7.91 Å². The molecule has 0 atom stereocenters. The van der Waals surface area contributed by atoms with Crippen LogP contribution in [-0.4, -0.2) is 61.3 Å². The number of rotatable bonds is 26. The summed E-state index contributed by atoms with van der Waals surface area (Å²) in [7, 11) is -5.64. The average Bonchev–Trinajstić information content (AvgIpc) is 2.97. The molecule has 0 amide bonds. The fourth-order valence-corrected chi connectivity index (χ4v) is 6.51. The van der Waals surface area contributed by atoms with Gasteiger partial charge in [-0.25, -0.2) is 4.20 Å². The van der Waals surface area contributed by atoms with Crippen LogP contribution in [0.25, 0.3) is 0 Å². The Morgan fingerprint density at radius 1 is 0.426 bits per heavy atom. The topological polar surface area (TPSA) is 63.2 Å². The van der Waals surface area contributed by atoms with Crippen molar-refractivity contribution >= 4 is 7.91 Å². The van der Waals surface area contributed by atoms with Crippen LogP contribution >= 0.6 is 7.91 Å². The van der Waals surface area contributed by atoms with Crippen molar-refractivity contribution in [1.29, 1.82) is 0 Å². The highest BCUT2D eigenvalue weighted by Crippen LogP contribution is 2.25. The van der Waals surface area contributed by atoms with Gasteiger partial charge in [0.15, 0.2) is 0 Å². The predicted molar refractivity (Wildman–Crippen MR) is 204 cm³/mol. The summed E-state index contributed by atoms with van der Waals surface area (Å²) in [6.07, 6.45) is 25.0. The molecule has 288 valence electrons. The maximum absolute atomic E-state index is 10.1. The van der Waals surface area contributed by atoms with Gasteiger partial charge < -0.3 is 23.3 Å². The van der Waals surface area contributed by atoms with Crippen LogP contribution in [0.4, 0.5) is 4.20 Å². The Labute approximate surface area is 296 Å². The normalized spacial score (nSPS) is 12.7. The van der Waals surface area contributed by atoms with Gasteiger partial charge in [0.2, 0.25) is 0 Å². The second-order valence-corrected chi connectivity index (χ2v) is 17.9. The Balaban J connectivity index is -0.000000719. The van der Waals surface area contributed by atoms with E-state index in [1.165, 1.54) is 177 Å². The average molecular weight is 695 g/mol. The smallest absolute Gasteiger partial charge is 0.110 e. The Hall–Kier alpha value is -0.0000000000000000555. The van der Waals surface area contributed by atoms with Crippen LogP contribution in [0.3, 0.4) is 0 Å². The molecule has 7 heteroatoms. The quantitative estimate of drug-likeness (QED) is 0.0514. The second-order valence-electron chi connectivity index (χ2n) is 17.1. The molecule has 0 aromatic heterocycles. The van der Waals surface area contributed by atoms with Crippen molar-refractivity contribution in [2.75, 3.05) is 52.4 Å². The van der Waals surface area contributed by atoms with Crippen molar-refractivity contribution in [1.82, 2.24) is 0 Å². The summed E-state index contributed by atoms with van der Waals surface area (Å²) in [4.78, 5) is 16.9. The lowest BCUT2D eigenvalue weighted by Gasteiger charge is -2.39. The first-order chi connectivity index (χ1) is 21.8. The van der Waals surface area contributed by atoms with Crippen molar-refractivity contribution in [3.05, 3.63) is 0 Å². The molecular formula is C40H88FN2O3P. The summed E-state index contributed by atoms with van der Waals surface area (Å²) >= 11 is 0. The van der Waals surface area contributed by atoms with Gasteiger partial charge in [0.25, 0.3) is 0 Å². The molecular weight excluding hydrogens is 606 g/mol. The second kappa shape index (κ2) is 29.7. The third kappa shape index (κ3) is 38.7. The molecule has 0 bridgehead atoms. The lowest BCUT2D eigenvalue weighted by atomic mass is 9.90. The number of hydrogen-bond acceptors (Lipinski definition) is 3. The SMILES string of the molecule is CCCC[N+](CCCC)(CCCC)CCCCC(C)(C)C.CCCC[N+](CCCC)(CCCC)CCCCC(C)(C)C.O=P([O-])([O-])F. The van der Waals surface area contributed by atoms with Crippen molar-refractivity contribution in [2.45, 2.75) is 199 Å². The molecule has 0 aromatic rings. The molecule has 0 fully saturated rings. The van der Waals surface area contributed by atoms with Crippen LogP contribution in [0.1, 0.15) is 199 Å². The molecule has 0 aromatic carbocycles. The van der Waals surface area contributed by atoms with E-state index in [0.29, 0.717) is 10.8 Å². The molecule has 0 rings (SSSR count). The minimum Gasteiger partial charge on any atom is -0.786 e. The molecule has 0 spiro atoms. The molecule has 0 saturated heterocycles. The van der Waals surface area contributed by atoms with E-state index in [1.54, 1.807) is 0 Å². The van der Waals surface area contributed by atoms with E-state index in [2.05, 4.69) is 83.1 Å². The van der Waals surface area contributed by atoms with Crippen molar-refractivity contribution in [3.63, 3.8) is 0 Å².